The molecule has 15 heteroatoms. The summed E-state index contributed by atoms with van der Waals surface area (Å²) in [5.41, 5.74) is 8.66. The predicted molar refractivity (Wildman–Crippen MR) is 209 cm³/mol. The van der Waals surface area contributed by atoms with Gasteiger partial charge in [0, 0.05) is 48.9 Å². The maximum absolute atomic E-state index is 11.6. The number of oxazole rings is 1. The van der Waals surface area contributed by atoms with Crippen LogP contribution in [0.3, 0.4) is 0 Å². The van der Waals surface area contributed by atoms with Gasteiger partial charge in [-0.05, 0) is 78.7 Å². The van der Waals surface area contributed by atoms with Crippen molar-refractivity contribution in [2.24, 2.45) is 5.92 Å². The summed E-state index contributed by atoms with van der Waals surface area (Å²) in [6.45, 7) is 3.77. The van der Waals surface area contributed by atoms with Crippen molar-refractivity contribution < 1.29 is 43.5 Å². The number of rotatable bonds is 16. The van der Waals surface area contributed by atoms with Gasteiger partial charge in [0.2, 0.25) is 17.7 Å². The van der Waals surface area contributed by atoms with Gasteiger partial charge in [0.25, 0.3) is 0 Å². The first-order valence-corrected chi connectivity index (χ1v) is 19.0. The third kappa shape index (κ3) is 8.67. The fraction of sp³-hybridized carbons (Fsp3) is 0.357. The van der Waals surface area contributed by atoms with Crippen LogP contribution in [0.15, 0.2) is 59.0 Å². The van der Waals surface area contributed by atoms with Gasteiger partial charge in [0.05, 0.1) is 25.6 Å². The van der Waals surface area contributed by atoms with Gasteiger partial charge in [-0.1, -0.05) is 41.9 Å². The highest BCUT2D eigenvalue weighted by atomic mass is 35.5. The lowest BCUT2D eigenvalue weighted by Crippen LogP contribution is -2.28. The molecule has 3 heterocycles. The maximum atomic E-state index is 11.6. The van der Waals surface area contributed by atoms with Crippen LogP contribution in [0.25, 0.3) is 33.7 Å². The average Bonchev–Trinajstić information content (AvgIpc) is 3.93. The highest BCUT2D eigenvalue weighted by molar-refractivity contribution is 6.31. The van der Waals surface area contributed by atoms with Gasteiger partial charge in [-0.2, -0.15) is 10.2 Å². The van der Waals surface area contributed by atoms with E-state index in [1.54, 1.807) is 12.1 Å². The zero-order valence-electron chi connectivity index (χ0n) is 31.5. The molecule has 1 fully saturated rings. The molecule has 0 spiro atoms. The van der Waals surface area contributed by atoms with Crippen LogP contribution in [0.1, 0.15) is 53.2 Å². The number of hydrogen-bond acceptors (Lipinski definition) is 12. The molecule has 57 heavy (non-hydrogen) atoms. The molecule has 0 radical (unpaired) electrons. The number of likely N-dealkylation sites (tertiary alicyclic amines) is 1. The Morgan fingerprint density at radius 1 is 1.07 bits per heavy atom. The molecule has 1 saturated heterocycles. The summed E-state index contributed by atoms with van der Waals surface area (Å²) in [6.07, 6.45) is 0.323. The normalized spacial score (nSPS) is 17.0. The molecular formula is C42H42ClN5O9. The van der Waals surface area contributed by atoms with Gasteiger partial charge in [0.15, 0.2) is 12.2 Å². The number of benzene rings is 3. The van der Waals surface area contributed by atoms with Crippen LogP contribution in [0.4, 0.5) is 0 Å². The number of nitriles is 1. The first-order valence-electron chi connectivity index (χ1n) is 18.6. The number of aliphatic hydroxyl groups excluding tert-OH is 1. The molecule has 0 bridgehead atoms. The average molecular weight is 796 g/mol. The third-order valence-electron chi connectivity index (χ3n) is 10.5. The number of nitrogens with one attached hydrogen (secondary N) is 1. The van der Waals surface area contributed by atoms with E-state index in [0.717, 1.165) is 45.4 Å². The van der Waals surface area contributed by atoms with Crippen molar-refractivity contribution in [1.29, 1.82) is 5.26 Å². The molecule has 1 aliphatic heterocycles. The molecule has 2 aliphatic rings. The highest BCUT2D eigenvalue weighted by Crippen LogP contribution is 2.43. The number of hydrogen-bond donors (Lipinski definition) is 4. The third-order valence-corrected chi connectivity index (χ3v) is 10.8. The molecule has 2 aromatic heterocycles. The van der Waals surface area contributed by atoms with Crippen LogP contribution in [0, 0.1) is 24.2 Å². The predicted octanol–water partition coefficient (Wildman–Crippen LogP) is 6.33. The van der Waals surface area contributed by atoms with E-state index in [1.807, 2.05) is 37.3 Å². The Kier molecular flexibility index (Phi) is 11.9. The standard InChI is InChI=1S/C42H42ClN5O9/c1-23-28(5-3-6-29(23)40-46-34-16-26(22-48-13-11-24(21-48)42(52)53)36(55-14-12-44)18-37(34)57-40)30-7-4-8-32-31(30)9-10-35(32)56-41-33(43)15-25(39(47-41)54-2)19-45-20-27(49)17-38(50)51/h3-8,15-16,18,24,27,35,45,49H,9-11,13-14,17,19-22H2,1-2H3,(H,50,51)(H,52,53)/t24?,27?,35-/m0/s1. The molecule has 296 valence electrons. The summed E-state index contributed by atoms with van der Waals surface area (Å²) < 4.78 is 24.1. The number of nitrogens with zero attached hydrogens (tertiary/aromatic N) is 4. The number of aliphatic hydroxyl groups is 1. The fourth-order valence-corrected chi connectivity index (χ4v) is 7.93. The SMILES string of the molecule is COc1nc(O[C@H]2CCc3c(-c4cccc(-c5nc6cc(CN7CCC(C(=O)O)C7)c(OCC#N)cc6o5)c4C)cccc32)c(Cl)cc1CNCC(O)CC(=O)O. The van der Waals surface area contributed by atoms with Gasteiger partial charge in [-0.15, -0.1) is 0 Å². The second-order valence-corrected chi connectivity index (χ2v) is 14.7. The van der Waals surface area contributed by atoms with Crippen LogP contribution >= 0.6 is 11.6 Å². The quantitative estimate of drug-likeness (QED) is 0.0864. The van der Waals surface area contributed by atoms with Crippen molar-refractivity contribution in [3.63, 3.8) is 0 Å². The van der Waals surface area contributed by atoms with Crippen molar-refractivity contribution >= 4 is 34.6 Å². The maximum Gasteiger partial charge on any atom is 0.307 e. The number of ether oxygens (including phenoxy) is 3. The lowest BCUT2D eigenvalue weighted by molar-refractivity contribution is -0.141. The van der Waals surface area contributed by atoms with Crippen LogP contribution in [-0.4, -0.2) is 81.6 Å². The first-order chi connectivity index (χ1) is 27.5. The Bertz CT molecular complexity index is 2360. The number of aromatic nitrogens is 2. The number of aliphatic carboxylic acids is 2. The smallest absolute Gasteiger partial charge is 0.307 e. The van der Waals surface area contributed by atoms with E-state index >= 15 is 0 Å². The van der Waals surface area contributed by atoms with Crippen LogP contribution < -0.4 is 19.5 Å². The highest BCUT2D eigenvalue weighted by Gasteiger charge is 2.30. The molecule has 0 saturated carbocycles. The van der Waals surface area contributed by atoms with Gasteiger partial charge < -0.3 is 39.3 Å². The van der Waals surface area contributed by atoms with Gasteiger partial charge in [-0.3, -0.25) is 14.5 Å². The number of methoxy groups -OCH3 is 1. The number of carboxylic acid groups (broad SMARTS) is 2. The van der Waals surface area contributed by atoms with E-state index in [0.29, 0.717) is 71.7 Å². The Labute approximate surface area is 333 Å². The Morgan fingerprint density at radius 2 is 1.86 bits per heavy atom. The second kappa shape index (κ2) is 17.2. The Hall–Kier alpha value is -5.72. The molecule has 7 rings (SSSR count). The summed E-state index contributed by atoms with van der Waals surface area (Å²) in [6, 6.07) is 19.5. The molecule has 1 aliphatic carbocycles. The molecule has 2 unspecified atom stereocenters. The first kappa shape index (κ1) is 39.5. The van der Waals surface area contributed by atoms with E-state index in [2.05, 4.69) is 33.4 Å². The molecule has 5 aromatic rings. The molecule has 0 amide bonds. The summed E-state index contributed by atoms with van der Waals surface area (Å²) in [5, 5.41) is 40.8. The summed E-state index contributed by atoms with van der Waals surface area (Å²) in [7, 11) is 1.49. The molecule has 14 nitrogen and oxygen atoms in total. The van der Waals surface area contributed by atoms with Crippen molar-refractivity contribution in [3.8, 4) is 46.2 Å². The lowest BCUT2D eigenvalue weighted by Gasteiger charge is -2.18. The van der Waals surface area contributed by atoms with Gasteiger partial charge in [0.1, 0.15) is 28.5 Å². The topological polar surface area (TPSA) is 200 Å². The molecule has 3 aromatic carbocycles. The van der Waals surface area contributed by atoms with E-state index in [4.69, 9.17) is 40.3 Å². The van der Waals surface area contributed by atoms with Crippen molar-refractivity contribution in [2.75, 3.05) is 33.4 Å². The van der Waals surface area contributed by atoms with Crippen LogP contribution in [-0.2, 0) is 29.1 Å². The zero-order valence-corrected chi connectivity index (χ0v) is 32.2. The number of halogens is 1. The van der Waals surface area contributed by atoms with Crippen molar-refractivity contribution in [3.05, 3.63) is 87.4 Å². The minimum Gasteiger partial charge on any atom is -0.481 e. The van der Waals surface area contributed by atoms with Gasteiger partial charge >= 0.3 is 11.9 Å². The Balaban J connectivity index is 1.12. The van der Waals surface area contributed by atoms with E-state index < -0.39 is 24.0 Å². The Morgan fingerprint density at radius 3 is 2.61 bits per heavy atom. The summed E-state index contributed by atoms with van der Waals surface area (Å²) in [5.74, 6) is -0.816. The minimum atomic E-state index is -1.08. The number of carbonyl (C=O) groups is 2. The number of carboxylic acids is 2. The number of pyridine rings is 1. The summed E-state index contributed by atoms with van der Waals surface area (Å²) >= 11 is 6.67. The summed E-state index contributed by atoms with van der Waals surface area (Å²) in [4.78, 5) is 33.9. The van der Waals surface area contributed by atoms with E-state index in [1.165, 1.54) is 7.11 Å². The lowest BCUT2D eigenvalue weighted by atomic mass is 9.91. The van der Waals surface area contributed by atoms with Crippen LogP contribution in [0.2, 0.25) is 5.02 Å². The minimum absolute atomic E-state index is 0.0725. The van der Waals surface area contributed by atoms with E-state index in [-0.39, 0.29) is 38.1 Å². The second-order valence-electron chi connectivity index (χ2n) is 14.3. The molecule has 4 N–H and O–H groups in total. The van der Waals surface area contributed by atoms with E-state index in [9.17, 15) is 25.1 Å². The van der Waals surface area contributed by atoms with Crippen molar-refractivity contribution in [2.45, 2.75) is 57.9 Å². The molecular weight excluding hydrogens is 754 g/mol. The fourth-order valence-electron chi connectivity index (χ4n) is 7.71. The van der Waals surface area contributed by atoms with Crippen LogP contribution in [0.5, 0.6) is 17.5 Å². The van der Waals surface area contributed by atoms with Gasteiger partial charge in [-0.25, -0.2) is 4.98 Å². The zero-order chi connectivity index (χ0) is 40.2. The monoisotopic (exact) mass is 795 g/mol. The van der Waals surface area contributed by atoms with Crippen molar-refractivity contribution in [1.82, 2.24) is 20.2 Å². The molecule has 3 atom stereocenters. The number of fused-ring (bicyclic) bond motifs is 2. The largest absolute Gasteiger partial charge is 0.481 e.